The molecule has 2 aliphatic rings. The number of carbonyl (C=O) groups excluding carboxylic acids is 3. The molecule has 5 N–H and O–H groups in total. The molecular weight excluding hydrogens is 854 g/mol. The number of aromatic nitrogens is 6. The van der Waals surface area contributed by atoms with E-state index in [0.717, 1.165) is 75.4 Å². The number of imidazole rings is 2. The first-order chi connectivity index (χ1) is 30.9. The van der Waals surface area contributed by atoms with Crippen LogP contribution in [0.3, 0.4) is 0 Å². The molecule has 5 aromatic rings. The van der Waals surface area contributed by atoms with Crippen LogP contribution >= 0.6 is 0 Å². The minimum atomic E-state index is -5.08. The van der Waals surface area contributed by atoms with Crippen molar-refractivity contribution in [2.24, 2.45) is 5.92 Å². The summed E-state index contributed by atoms with van der Waals surface area (Å²) in [5, 5.41) is 19.4. The standard InChI is InChI=1S/C42H50N10O6.C2HF3O2/c1-6-9-35(50(4)42(56)57)39(53)51-18-7-10-33(51)37-45-23-32(48-37)27-16-17-28-29(20-27)43-21-30(46-28)25-12-14-26(15-13-25)31-22-44-38(47-31)34-11-8-19-52(34)40(54)36(24(2)3)49-41(55)58-5;3-2(4,5)1(6)7/h12-17,20-24,33-36H,6-11,18-19H2,1-5H3,(H,44,47)(H,45,48)(H,49,55)(H,56,57);(H,6,7)/t33-,34-,35+,36-;/m0./s1. The first-order valence-corrected chi connectivity index (χ1v) is 21.1. The van der Waals surface area contributed by atoms with Crippen LogP contribution < -0.4 is 5.32 Å². The molecule has 0 saturated carbocycles. The van der Waals surface area contributed by atoms with Gasteiger partial charge < -0.3 is 40.0 Å². The number of likely N-dealkylation sites (tertiary alicyclic amines) is 2. The van der Waals surface area contributed by atoms with Crippen LogP contribution in [0.25, 0.3) is 44.8 Å². The Kier molecular flexibility index (Phi) is 14.7. The molecule has 0 radical (unpaired) electrons. The molecule has 21 heteroatoms. The molecule has 3 aromatic heterocycles. The lowest BCUT2D eigenvalue weighted by molar-refractivity contribution is -0.192. The summed E-state index contributed by atoms with van der Waals surface area (Å²) in [6.07, 6.45) is 2.75. The number of aliphatic carboxylic acids is 1. The van der Waals surface area contributed by atoms with Crippen LogP contribution in [-0.2, 0) is 19.1 Å². The van der Waals surface area contributed by atoms with Gasteiger partial charge in [0.15, 0.2) is 0 Å². The predicted octanol–water partition coefficient (Wildman–Crippen LogP) is 7.20. The lowest BCUT2D eigenvalue weighted by atomic mass is 10.0. The van der Waals surface area contributed by atoms with Crippen LogP contribution in [0.4, 0.5) is 22.8 Å². The quantitative estimate of drug-likeness (QED) is 0.0836. The predicted molar refractivity (Wildman–Crippen MR) is 230 cm³/mol. The number of alkyl carbamates (subject to hydrolysis) is 1. The van der Waals surface area contributed by atoms with E-state index in [1.54, 1.807) is 28.4 Å². The van der Waals surface area contributed by atoms with Crippen LogP contribution in [0.5, 0.6) is 0 Å². The summed E-state index contributed by atoms with van der Waals surface area (Å²) in [7, 11) is 2.73. The van der Waals surface area contributed by atoms with Gasteiger partial charge in [0.2, 0.25) is 11.8 Å². The Labute approximate surface area is 371 Å². The maximum Gasteiger partial charge on any atom is 0.490 e. The highest BCUT2D eigenvalue weighted by atomic mass is 19.4. The van der Waals surface area contributed by atoms with E-state index in [2.05, 4.69) is 25.3 Å². The second-order valence-corrected chi connectivity index (χ2v) is 16.1. The van der Waals surface area contributed by atoms with Crippen LogP contribution in [0.2, 0.25) is 0 Å². The number of fused-ring (bicyclic) bond motifs is 1. The van der Waals surface area contributed by atoms with Gasteiger partial charge in [-0.25, -0.2) is 29.3 Å². The average molecular weight is 905 g/mol. The van der Waals surface area contributed by atoms with Crippen molar-refractivity contribution in [2.75, 3.05) is 27.2 Å². The molecule has 0 bridgehead atoms. The molecule has 2 fully saturated rings. The zero-order chi connectivity index (χ0) is 47.2. The van der Waals surface area contributed by atoms with Crippen molar-refractivity contribution in [3.63, 3.8) is 0 Å². The van der Waals surface area contributed by atoms with Gasteiger partial charge in [0.05, 0.1) is 65.9 Å². The molecule has 2 saturated heterocycles. The summed E-state index contributed by atoms with van der Waals surface area (Å²) in [5.41, 5.74) is 6.50. The molecule has 4 amide bonds. The van der Waals surface area contributed by atoms with Gasteiger partial charge in [-0.05, 0) is 55.7 Å². The van der Waals surface area contributed by atoms with Crippen molar-refractivity contribution in [2.45, 2.75) is 89.6 Å². The number of rotatable bonds is 12. The third kappa shape index (κ3) is 10.8. The molecule has 7 rings (SSSR count). The van der Waals surface area contributed by atoms with Crippen molar-refractivity contribution >= 4 is 41.0 Å². The fourth-order valence-corrected chi connectivity index (χ4v) is 8.03. The summed E-state index contributed by atoms with van der Waals surface area (Å²) in [6.45, 7) is 6.86. The number of ether oxygens (including phenoxy) is 1. The Bertz CT molecular complexity index is 2510. The molecule has 5 heterocycles. The van der Waals surface area contributed by atoms with Gasteiger partial charge in [-0.1, -0.05) is 57.5 Å². The molecule has 0 spiro atoms. The van der Waals surface area contributed by atoms with Crippen molar-refractivity contribution in [1.29, 1.82) is 0 Å². The molecule has 2 aliphatic heterocycles. The average Bonchev–Trinajstić information content (AvgIpc) is 4.13. The summed E-state index contributed by atoms with van der Waals surface area (Å²) in [6, 6.07) is 11.9. The molecule has 18 nitrogen and oxygen atoms in total. The fraction of sp³-hybridized carbons (Fsp3) is 0.432. The van der Waals surface area contributed by atoms with Crippen LogP contribution in [0.15, 0.2) is 61.1 Å². The number of halogens is 3. The van der Waals surface area contributed by atoms with E-state index in [0.29, 0.717) is 37.6 Å². The van der Waals surface area contributed by atoms with E-state index >= 15 is 0 Å². The molecule has 4 atom stereocenters. The zero-order valence-corrected chi connectivity index (χ0v) is 36.4. The zero-order valence-electron chi connectivity index (χ0n) is 36.4. The highest BCUT2D eigenvalue weighted by Crippen LogP contribution is 2.35. The number of alkyl halides is 3. The number of likely N-dealkylation sites (N-methyl/N-ethyl adjacent to an activating group) is 1. The molecule has 0 unspecified atom stereocenters. The minimum absolute atomic E-state index is 0.116. The molecule has 346 valence electrons. The smallest absolute Gasteiger partial charge is 0.475 e. The van der Waals surface area contributed by atoms with Crippen molar-refractivity contribution in [1.82, 2.24) is 49.9 Å². The number of aromatic amines is 2. The number of nitrogens with one attached hydrogen (secondary N) is 3. The Morgan fingerprint density at radius 1 is 0.831 bits per heavy atom. The molecule has 65 heavy (non-hydrogen) atoms. The first-order valence-electron chi connectivity index (χ1n) is 21.1. The lowest BCUT2D eigenvalue weighted by Gasteiger charge is -2.31. The number of hydrogen-bond acceptors (Lipinski definition) is 10. The number of carboxylic acids is 1. The topological polar surface area (TPSA) is 240 Å². The monoisotopic (exact) mass is 904 g/mol. The van der Waals surface area contributed by atoms with E-state index in [-0.39, 0.29) is 29.8 Å². The van der Waals surface area contributed by atoms with Gasteiger partial charge in [0.25, 0.3) is 0 Å². The summed E-state index contributed by atoms with van der Waals surface area (Å²) >= 11 is 0. The number of amides is 4. The van der Waals surface area contributed by atoms with Gasteiger partial charge >= 0.3 is 24.3 Å². The van der Waals surface area contributed by atoms with Crippen LogP contribution in [-0.4, -0.2) is 130 Å². The van der Waals surface area contributed by atoms with E-state index in [9.17, 15) is 37.5 Å². The third-order valence-electron chi connectivity index (χ3n) is 11.5. The van der Waals surface area contributed by atoms with E-state index in [4.69, 9.17) is 24.6 Å². The Morgan fingerprint density at radius 3 is 1.89 bits per heavy atom. The summed E-state index contributed by atoms with van der Waals surface area (Å²) in [4.78, 5) is 90.1. The number of carbonyl (C=O) groups is 5. The number of carboxylic acid groups (broad SMARTS) is 2. The van der Waals surface area contributed by atoms with Crippen molar-refractivity contribution in [3.05, 3.63) is 72.7 Å². The largest absolute Gasteiger partial charge is 0.490 e. The number of hydrogen-bond donors (Lipinski definition) is 5. The molecular formula is C44H51F3N10O8. The van der Waals surface area contributed by atoms with Crippen molar-refractivity contribution in [3.8, 4) is 33.8 Å². The summed E-state index contributed by atoms with van der Waals surface area (Å²) in [5.74, 6) is -1.84. The Hall–Kier alpha value is -7.06. The number of methoxy groups -OCH3 is 1. The third-order valence-corrected chi connectivity index (χ3v) is 11.5. The minimum Gasteiger partial charge on any atom is -0.475 e. The Morgan fingerprint density at radius 2 is 1.37 bits per heavy atom. The maximum absolute atomic E-state index is 13.6. The molecule has 2 aromatic carbocycles. The first kappa shape index (κ1) is 47.4. The number of H-pyrrole nitrogens is 2. The number of nitrogens with zero attached hydrogens (tertiary/aromatic N) is 7. The van der Waals surface area contributed by atoms with E-state index in [1.165, 1.54) is 14.2 Å². The van der Waals surface area contributed by atoms with Crippen molar-refractivity contribution < 1.29 is 52.1 Å². The fourth-order valence-electron chi connectivity index (χ4n) is 8.03. The maximum atomic E-state index is 13.6. The van der Waals surface area contributed by atoms with Crippen LogP contribution in [0, 0.1) is 5.92 Å². The Balaban J connectivity index is 0.000000925. The van der Waals surface area contributed by atoms with Gasteiger partial charge in [0, 0.05) is 31.3 Å². The lowest BCUT2D eigenvalue weighted by Crippen LogP contribution is -2.51. The van der Waals surface area contributed by atoms with E-state index < -0.39 is 36.4 Å². The normalized spacial score (nSPS) is 17.1. The van der Waals surface area contributed by atoms with E-state index in [1.807, 2.05) is 63.2 Å². The second kappa shape index (κ2) is 20.2. The van der Waals surface area contributed by atoms with Gasteiger partial charge in [0.1, 0.15) is 23.7 Å². The summed E-state index contributed by atoms with van der Waals surface area (Å²) < 4.78 is 36.5. The molecule has 0 aliphatic carbocycles. The van der Waals surface area contributed by atoms with Gasteiger partial charge in [-0.2, -0.15) is 13.2 Å². The highest BCUT2D eigenvalue weighted by molar-refractivity contribution is 5.87. The van der Waals surface area contributed by atoms with Gasteiger partial charge in [-0.3, -0.25) is 19.5 Å². The number of benzene rings is 2. The van der Waals surface area contributed by atoms with Crippen LogP contribution in [0.1, 0.15) is 83.0 Å². The second-order valence-electron chi connectivity index (χ2n) is 16.1. The highest BCUT2D eigenvalue weighted by Gasteiger charge is 2.40. The SMILES string of the molecule is CCC[C@H](C(=O)N1CCC[C@H]1c1ncc(-c2ccc3nc(-c4ccc(-c5cnc([C@@H]6CCCN6C(=O)[C@@H](NC(=O)OC)C(C)C)[nH]5)cc4)cnc3c2)[nH]1)N(C)C(=O)O.O=C(O)C(F)(F)F. The van der Waals surface area contributed by atoms with Gasteiger partial charge in [-0.15, -0.1) is 0 Å².